The van der Waals surface area contributed by atoms with Crippen LogP contribution in [0.15, 0.2) is 35.0 Å². The molecule has 1 aromatic heterocycles. The molecule has 2 heterocycles. The Labute approximate surface area is 144 Å². The lowest BCUT2D eigenvalue weighted by Crippen LogP contribution is -2.39. The molecule has 24 heavy (non-hydrogen) atoms. The third-order valence-corrected chi connectivity index (χ3v) is 5.29. The predicted molar refractivity (Wildman–Crippen MR) is 91.0 cm³/mol. The number of hydrogen-bond acceptors (Lipinski definition) is 4. The van der Waals surface area contributed by atoms with Gasteiger partial charge in [-0.3, -0.25) is 9.69 Å². The van der Waals surface area contributed by atoms with Crippen LogP contribution in [0, 0.1) is 11.7 Å². The fraction of sp³-hybridized carbons (Fsp3) is 0.389. The average Bonchev–Trinajstić information content (AvgIpc) is 3.10. The Hall–Kier alpha value is -1.92. The number of ether oxygens (including phenoxy) is 1. The van der Waals surface area contributed by atoms with E-state index in [1.165, 1.54) is 12.1 Å². The second-order valence-electron chi connectivity index (χ2n) is 5.99. The minimum atomic E-state index is -0.731. The topological polar surface area (TPSA) is 49.8 Å². The van der Waals surface area contributed by atoms with E-state index in [1.54, 1.807) is 24.5 Å². The first kappa shape index (κ1) is 16.9. The number of thiophene rings is 1. The van der Waals surface area contributed by atoms with Gasteiger partial charge in [0.15, 0.2) is 0 Å². The molecule has 0 radical (unpaired) electrons. The van der Waals surface area contributed by atoms with E-state index < -0.39 is 5.97 Å². The first-order valence-electron chi connectivity index (χ1n) is 7.92. The number of nitrogens with zero attached hydrogens (tertiary/aromatic N) is 1. The molecule has 1 aromatic carbocycles. The van der Waals surface area contributed by atoms with Gasteiger partial charge >= 0.3 is 5.97 Å². The number of methoxy groups -OCH3 is 1. The van der Waals surface area contributed by atoms with Gasteiger partial charge in [-0.15, -0.1) is 0 Å². The Morgan fingerprint density at radius 1 is 1.38 bits per heavy atom. The number of benzene rings is 1. The molecule has 3 rings (SSSR count). The van der Waals surface area contributed by atoms with Crippen LogP contribution in [0.25, 0.3) is 0 Å². The highest BCUT2D eigenvalue weighted by atomic mass is 32.1. The van der Waals surface area contributed by atoms with Gasteiger partial charge in [0.1, 0.15) is 11.6 Å². The number of carbonyl (C=O) groups is 1. The molecular formula is C18H20FNO3S. The molecular weight excluding hydrogens is 329 g/mol. The van der Waals surface area contributed by atoms with Crippen LogP contribution < -0.4 is 4.74 Å². The Bertz CT molecular complexity index is 696. The molecule has 1 N–H and O–H groups in total. The van der Waals surface area contributed by atoms with Crippen molar-refractivity contribution in [2.45, 2.75) is 18.9 Å². The Morgan fingerprint density at radius 3 is 2.71 bits per heavy atom. The summed E-state index contributed by atoms with van der Waals surface area (Å²) in [5, 5.41) is 13.2. The van der Waals surface area contributed by atoms with Crippen LogP contribution >= 0.6 is 11.3 Å². The van der Waals surface area contributed by atoms with Crippen molar-refractivity contribution in [3.05, 3.63) is 52.0 Å². The summed E-state index contributed by atoms with van der Waals surface area (Å²) in [6.45, 7) is 1.33. The SMILES string of the molecule is COc1ccc(F)cc1C(c1ccsc1)N1CCC(C(=O)O)CC1. The zero-order valence-electron chi connectivity index (χ0n) is 13.4. The third kappa shape index (κ3) is 3.44. The average molecular weight is 349 g/mol. The number of hydrogen-bond donors (Lipinski definition) is 1. The van der Waals surface area contributed by atoms with E-state index in [9.17, 15) is 14.3 Å². The van der Waals surface area contributed by atoms with E-state index in [4.69, 9.17) is 4.74 Å². The van der Waals surface area contributed by atoms with E-state index in [1.807, 2.05) is 11.4 Å². The minimum Gasteiger partial charge on any atom is -0.496 e. The smallest absolute Gasteiger partial charge is 0.306 e. The highest BCUT2D eigenvalue weighted by molar-refractivity contribution is 7.08. The summed E-state index contributed by atoms with van der Waals surface area (Å²) in [6.07, 6.45) is 1.21. The number of likely N-dealkylation sites (tertiary alicyclic amines) is 1. The molecule has 1 atom stereocenters. The second-order valence-corrected chi connectivity index (χ2v) is 6.77. The van der Waals surface area contributed by atoms with Crippen LogP contribution in [0.1, 0.15) is 30.0 Å². The molecule has 1 unspecified atom stereocenters. The number of halogens is 1. The number of aliphatic carboxylic acids is 1. The Morgan fingerprint density at radius 2 is 2.12 bits per heavy atom. The van der Waals surface area contributed by atoms with Crippen molar-refractivity contribution in [1.29, 1.82) is 0 Å². The highest BCUT2D eigenvalue weighted by Crippen LogP contribution is 2.38. The van der Waals surface area contributed by atoms with Gasteiger partial charge in [0.25, 0.3) is 0 Å². The van der Waals surface area contributed by atoms with Crippen molar-refractivity contribution >= 4 is 17.3 Å². The van der Waals surface area contributed by atoms with Crippen molar-refractivity contribution in [2.75, 3.05) is 20.2 Å². The summed E-state index contributed by atoms with van der Waals surface area (Å²) in [5.41, 5.74) is 1.86. The molecule has 0 bridgehead atoms. The maximum atomic E-state index is 13.9. The fourth-order valence-corrected chi connectivity index (χ4v) is 4.02. The van der Waals surface area contributed by atoms with Crippen molar-refractivity contribution in [3.8, 4) is 5.75 Å². The first-order chi connectivity index (χ1) is 11.6. The van der Waals surface area contributed by atoms with Crippen molar-refractivity contribution in [2.24, 2.45) is 5.92 Å². The van der Waals surface area contributed by atoms with Crippen LogP contribution in [-0.4, -0.2) is 36.2 Å². The molecule has 1 saturated heterocycles. The number of piperidine rings is 1. The molecule has 6 heteroatoms. The van der Waals surface area contributed by atoms with Gasteiger partial charge in [0.05, 0.1) is 19.1 Å². The van der Waals surface area contributed by atoms with Crippen molar-refractivity contribution < 1.29 is 19.0 Å². The normalized spacial score (nSPS) is 17.6. The molecule has 0 amide bonds. The first-order valence-corrected chi connectivity index (χ1v) is 8.87. The van der Waals surface area contributed by atoms with Crippen LogP contribution in [0.5, 0.6) is 5.75 Å². The summed E-state index contributed by atoms with van der Waals surface area (Å²) < 4.78 is 19.3. The molecule has 2 aromatic rings. The van der Waals surface area contributed by atoms with Gasteiger partial charge in [0, 0.05) is 5.56 Å². The molecule has 1 aliphatic heterocycles. The maximum absolute atomic E-state index is 13.9. The van der Waals surface area contributed by atoms with Crippen molar-refractivity contribution in [1.82, 2.24) is 4.90 Å². The molecule has 1 fully saturated rings. The van der Waals surface area contributed by atoms with Gasteiger partial charge in [0.2, 0.25) is 0 Å². The lowest BCUT2D eigenvalue weighted by molar-refractivity contribution is -0.143. The molecule has 0 spiro atoms. The maximum Gasteiger partial charge on any atom is 0.306 e. The minimum absolute atomic E-state index is 0.128. The summed E-state index contributed by atoms with van der Waals surface area (Å²) in [6, 6.07) is 6.46. The summed E-state index contributed by atoms with van der Waals surface area (Å²) in [5.74, 6) is -0.678. The number of rotatable bonds is 5. The highest BCUT2D eigenvalue weighted by Gasteiger charge is 2.31. The van der Waals surface area contributed by atoms with E-state index in [-0.39, 0.29) is 17.8 Å². The summed E-state index contributed by atoms with van der Waals surface area (Å²) in [7, 11) is 1.58. The van der Waals surface area contributed by atoms with E-state index in [0.29, 0.717) is 31.7 Å². The van der Waals surface area contributed by atoms with Crippen molar-refractivity contribution in [3.63, 3.8) is 0 Å². The molecule has 1 aliphatic rings. The van der Waals surface area contributed by atoms with Crippen LogP contribution in [-0.2, 0) is 4.79 Å². The van der Waals surface area contributed by atoms with Crippen LogP contribution in [0.4, 0.5) is 4.39 Å². The monoisotopic (exact) mass is 349 g/mol. The van der Waals surface area contributed by atoms with Gasteiger partial charge in [-0.2, -0.15) is 11.3 Å². The van der Waals surface area contributed by atoms with Crippen LogP contribution in [0.2, 0.25) is 0 Å². The van der Waals surface area contributed by atoms with Gasteiger partial charge < -0.3 is 9.84 Å². The van der Waals surface area contributed by atoms with Gasteiger partial charge in [-0.25, -0.2) is 4.39 Å². The molecule has 4 nitrogen and oxygen atoms in total. The lowest BCUT2D eigenvalue weighted by Gasteiger charge is -2.37. The lowest BCUT2D eigenvalue weighted by atomic mass is 9.92. The van der Waals surface area contributed by atoms with E-state index >= 15 is 0 Å². The zero-order valence-corrected chi connectivity index (χ0v) is 14.3. The summed E-state index contributed by atoms with van der Waals surface area (Å²) >= 11 is 1.59. The van der Waals surface area contributed by atoms with Crippen LogP contribution in [0.3, 0.4) is 0 Å². The quantitative estimate of drug-likeness (QED) is 0.892. The predicted octanol–water partition coefficient (Wildman–Crippen LogP) is 3.78. The fourth-order valence-electron chi connectivity index (χ4n) is 3.34. The van der Waals surface area contributed by atoms with Gasteiger partial charge in [-0.05, 0) is 66.5 Å². The second kappa shape index (κ2) is 7.32. The summed E-state index contributed by atoms with van der Waals surface area (Å²) in [4.78, 5) is 13.4. The number of carboxylic acids is 1. The Kier molecular flexibility index (Phi) is 5.16. The zero-order chi connectivity index (χ0) is 17.1. The molecule has 0 saturated carbocycles. The number of carboxylic acid groups (broad SMARTS) is 1. The molecule has 128 valence electrons. The van der Waals surface area contributed by atoms with Gasteiger partial charge in [-0.1, -0.05) is 0 Å². The standard InChI is InChI=1S/C18H20FNO3S/c1-23-16-3-2-14(19)10-15(16)17(13-6-9-24-11-13)20-7-4-12(5-8-20)18(21)22/h2-3,6,9-12,17H,4-5,7-8H2,1H3,(H,21,22). The largest absolute Gasteiger partial charge is 0.496 e. The third-order valence-electron chi connectivity index (χ3n) is 4.59. The molecule has 0 aliphatic carbocycles. The van der Waals surface area contributed by atoms with E-state index in [0.717, 1.165) is 11.1 Å². The Balaban J connectivity index is 1.94. The van der Waals surface area contributed by atoms with E-state index in [2.05, 4.69) is 10.3 Å².